The Labute approximate surface area is 175 Å². The zero-order chi connectivity index (χ0) is 24.1. The molecule has 180 valence electrons. The van der Waals surface area contributed by atoms with Crippen molar-refractivity contribution in [1.29, 1.82) is 0 Å². The Kier molecular flexibility index (Phi) is 6.78. The van der Waals surface area contributed by atoms with Gasteiger partial charge in [-0.2, -0.15) is 9.29 Å². The third-order valence-corrected chi connectivity index (χ3v) is 7.56. The van der Waals surface area contributed by atoms with Gasteiger partial charge in [0.1, 0.15) is 18.3 Å². The summed E-state index contributed by atoms with van der Waals surface area (Å²) in [6.07, 6.45) is -5.57. The number of phosphoric ester groups is 1. The van der Waals surface area contributed by atoms with E-state index in [1.54, 1.807) is 0 Å². The molecule has 32 heavy (non-hydrogen) atoms. The average molecular weight is 523 g/mol. The summed E-state index contributed by atoms with van der Waals surface area (Å²) in [7, 11) is -17.1. The smallest absolute Gasteiger partial charge is 0.487 e. The third kappa shape index (κ3) is 5.67. The lowest BCUT2D eigenvalue weighted by molar-refractivity contribution is -0.221. The Balaban J connectivity index is 1.72. The molecule has 7 N–H and O–H groups in total. The Morgan fingerprint density at radius 1 is 1.19 bits per heavy atom. The molecular weight excluding hydrogens is 509 g/mol. The second-order valence-electron chi connectivity index (χ2n) is 6.08. The number of fused-ring (bicyclic) bond motifs is 1. The van der Waals surface area contributed by atoms with Crippen LogP contribution in [0.15, 0.2) is 15.5 Å². The van der Waals surface area contributed by atoms with E-state index in [2.05, 4.69) is 27.5 Å². The molecule has 0 saturated carbocycles. The molecule has 1 aliphatic heterocycles. The van der Waals surface area contributed by atoms with Crippen molar-refractivity contribution in [3.63, 3.8) is 0 Å². The zero-order valence-corrected chi connectivity index (χ0v) is 17.9. The number of nitrogens with two attached hydrogens (primary N) is 1. The lowest BCUT2D eigenvalue weighted by Crippen LogP contribution is -2.34. The molecule has 2 aromatic heterocycles. The Morgan fingerprint density at radius 2 is 1.84 bits per heavy atom. The number of phosphoric acid groups is 3. The van der Waals surface area contributed by atoms with Crippen LogP contribution < -0.4 is 16.3 Å². The van der Waals surface area contributed by atoms with Crippen LogP contribution in [0.5, 0.6) is 0 Å². The van der Waals surface area contributed by atoms with E-state index in [0.29, 0.717) is 0 Å². The van der Waals surface area contributed by atoms with Gasteiger partial charge in [0.2, 0.25) is 0 Å². The quantitative estimate of drug-likeness (QED) is 0.192. The summed E-state index contributed by atoms with van der Waals surface area (Å²) in [5, 5.41) is 20.3. The largest absolute Gasteiger partial charge is 0.756 e. The maximum Gasteiger partial charge on any atom is 0.487 e. The summed E-state index contributed by atoms with van der Waals surface area (Å²) in [5.74, 6) is 0. The molecule has 3 unspecified atom stereocenters. The molecule has 0 aliphatic carbocycles. The van der Waals surface area contributed by atoms with Gasteiger partial charge in [-0.15, -0.1) is 0 Å². The van der Waals surface area contributed by atoms with Gasteiger partial charge >= 0.3 is 21.3 Å². The fraction of sp³-hybridized carbons (Fsp3) is 0.500. The molecule has 0 bridgehead atoms. The summed E-state index contributed by atoms with van der Waals surface area (Å²) in [6.45, 7) is -1.09. The number of nitrogen functional groups attached to an aromatic ring is 1. The molecule has 1 aliphatic rings. The van der Waals surface area contributed by atoms with Crippen LogP contribution in [0, 0.1) is 0 Å². The van der Waals surface area contributed by atoms with E-state index in [1.807, 2.05) is 0 Å². The highest BCUT2D eigenvalue weighted by atomic mass is 31.3. The van der Waals surface area contributed by atoms with Crippen LogP contribution >= 0.6 is 23.5 Å². The SMILES string of the molecule is Nc1nc2c(ncn2[C@@H]2O[C@H](COP(=O)([O-])OP(=O)(O)OP(=O)(O)O)C(O)[C@@H]2O)c(=O)o1. The van der Waals surface area contributed by atoms with Gasteiger partial charge in [-0.1, -0.05) is 0 Å². The van der Waals surface area contributed by atoms with Gasteiger partial charge in [0.15, 0.2) is 17.4 Å². The van der Waals surface area contributed by atoms with E-state index >= 15 is 0 Å². The summed E-state index contributed by atoms with van der Waals surface area (Å²) in [4.78, 5) is 56.9. The molecule has 22 heteroatoms. The molecule has 1 fully saturated rings. The van der Waals surface area contributed by atoms with E-state index in [1.165, 1.54) is 0 Å². The van der Waals surface area contributed by atoms with Crippen molar-refractivity contribution in [3.8, 4) is 0 Å². The summed E-state index contributed by atoms with van der Waals surface area (Å²) in [6, 6.07) is -0.535. The first-order valence-corrected chi connectivity index (χ1v) is 12.5. The Hall–Kier alpha value is -1.56. The predicted octanol–water partition coefficient (Wildman–Crippen LogP) is -2.70. The number of aliphatic hydroxyl groups is 2. The first-order valence-electron chi connectivity index (χ1n) is 8.00. The molecule has 0 aromatic carbocycles. The Bertz CT molecular complexity index is 1210. The highest BCUT2D eigenvalue weighted by Gasteiger charge is 2.45. The van der Waals surface area contributed by atoms with Crippen LogP contribution in [0.25, 0.3) is 11.2 Å². The summed E-state index contributed by atoms with van der Waals surface area (Å²) >= 11 is 0. The van der Waals surface area contributed by atoms with Crippen molar-refractivity contribution in [3.05, 3.63) is 16.7 Å². The number of hydrogen-bond donors (Lipinski definition) is 6. The van der Waals surface area contributed by atoms with Crippen LogP contribution in [0.1, 0.15) is 6.23 Å². The standard InChI is InChI=1S/C10H15N4O15P3/c11-10-13-7-4(9(17)27-10)12-2-14(7)8-6(16)5(15)3(26-8)1-25-31(21,22)29-32(23,24)28-30(18,19)20/h2-3,5-6,8,15-16H,1H2,(H2,11,13)(H,21,22)(H,23,24)(H2,18,19,20)/p-1/t3-,5?,6+,8-/m1/s1. The molecule has 19 nitrogen and oxygen atoms in total. The van der Waals surface area contributed by atoms with Crippen molar-refractivity contribution in [1.82, 2.24) is 14.5 Å². The molecular formula is C10H14N4O15P3-. The predicted molar refractivity (Wildman–Crippen MR) is 94.0 cm³/mol. The number of nitrogens with zero attached hydrogens (tertiary/aromatic N) is 3. The maximum atomic E-state index is 11.7. The summed E-state index contributed by atoms with van der Waals surface area (Å²) in [5.41, 5.74) is 3.93. The van der Waals surface area contributed by atoms with Crippen molar-refractivity contribution in [2.75, 3.05) is 12.3 Å². The molecule has 0 radical (unpaired) electrons. The number of aromatic nitrogens is 3. The van der Waals surface area contributed by atoms with Gasteiger partial charge in [-0.3, -0.25) is 9.13 Å². The first kappa shape index (κ1) is 25.1. The second-order valence-corrected chi connectivity index (χ2v) is 10.5. The lowest BCUT2D eigenvalue weighted by atomic mass is 10.1. The van der Waals surface area contributed by atoms with Crippen LogP contribution in [0.3, 0.4) is 0 Å². The molecule has 3 heterocycles. The average Bonchev–Trinajstić information content (AvgIpc) is 3.12. The molecule has 0 spiro atoms. The number of rotatable bonds is 8. The van der Waals surface area contributed by atoms with E-state index in [-0.39, 0.29) is 11.2 Å². The van der Waals surface area contributed by atoms with E-state index in [0.717, 1.165) is 10.9 Å². The molecule has 3 rings (SSSR count). The Morgan fingerprint density at radius 3 is 2.47 bits per heavy atom. The van der Waals surface area contributed by atoms with Gasteiger partial charge < -0.3 is 49.2 Å². The fourth-order valence-electron chi connectivity index (χ4n) is 2.63. The van der Waals surface area contributed by atoms with Crippen LogP contribution in [0.2, 0.25) is 0 Å². The number of imidazole rings is 1. The lowest BCUT2D eigenvalue weighted by Gasteiger charge is -2.26. The first-order chi connectivity index (χ1) is 14.6. The number of anilines is 1. The van der Waals surface area contributed by atoms with Gasteiger partial charge in [0.25, 0.3) is 13.8 Å². The normalized spacial score (nSPS) is 27.9. The second kappa shape index (κ2) is 8.66. The maximum absolute atomic E-state index is 11.7. The molecule has 6 atom stereocenters. The minimum Gasteiger partial charge on any atom is -0.756 e. The number of ether oxygens (including phenoxy) is 1. The van der Waals surface area contributed by atoms with Gasteiger partial charge in [0, 0.05) is 0 Å². The highest BCUT2D eigenvalue weighted by molar-refractivity contribution is 7.66. The van der Waals surface area contributed by atoms with E-state index < -0.39 is 66.3 Å². The van der Waals surface area contributed by atoms with E-state index in [4.69, 9.17) is 25.2 Å². The number of aliphatic hydroxyl groups excluding tert-OH is 2. The molecule has 2 aromatic rings. The van der Waals surface area contributed by atoms with Crippen molar-refractivity contribution < 1.29 is 65.8 Å². The fourth-order valence-corrected chi connectivity index (χ4v) is 5.62. The monoisotopic (exact) mass is 523 g/mol. The van der Waals surface area contributed by atoms with Crippen molar-refractivity contribution >= 4 is 40.6 Å². The van der Waals surface area contributed by atoms with Gasteiger partial charge in [0.05, 0.1) is 12.9 Å². The summed E-state index contributed by atoms with van der Waals surface area (Å²) < 4.78 is 55.6. The number of hydrogen-bond acceptors (Lipinski definition) is 15. The van der Waals surface area contributed by atoms with Crippen molar-refractivity contribution in [2.45, 2.75) is 24.5 Å². The molecule has 1 saturated heterocycles. The zero-order valence-electron chi connectivity index (χ0n) is 15.2. The minimum atomic E-state index is -5.80. The van der Waals surface area contributed by atoms with Gasteiger partial charge in [-0.25, -0.2) is 23.2 Å². The van der Waals surface area contributed by atoms with Crippen molar-refractivity contribution in [2.24, 2.45) is 0 Å². The van der Waals surface area contributed by atoms with Gasteiger partial charge in [-0.05, 0) is 0 Å². The minimum absolute atomic E-state index is 0.190. The highest BCUT2D eigenvalue weighted by Crippen LogP contribution is 2.65. The van der Waals surface area contributed by atoms with E-state index in [9.17, 15) is 33.6 Å². The molecule has 0 amide bonds. The third-order valence-electron chi connectivity index (χ3n) is 3.80. The van der Waals surface area contributed by atoms with Crippen LogP contribution in [-0.2, 0) is 31.6 Å². The van der Waals surface area contributed by atoms with Crippen LogP contribution in [-0.4, -0.2) is 64.3 Å². The van der Waals surface area contributed by atoms with Crippen LogP contribution in [0.4, 0.5) is 6.01 Å². The topological polar surface area (TPSA) is 299 Å².